The summed E-state index contributed by atoms with van der Waals surface area (Å²) in [6.07, 6.45) is 2.89. The Bertz CT molecular complexity index is 836. The van der Waals surface area contributed by atoms with Crippen LogP contribution in [0, 0.1) is 0 Å². The van der Waals surface area contributed by atoms with Crippen LogP contribution in [0.2, 0.25) is 0 Å². The van der Waals surface area contributed by atoms with E-state index >= 15 is 0 Å². The molecule has 0 saturated carbocycles. The summed E-state index contributed by atoms with van der Waals surface area (Å²) in [5.41, 5.74) is 3.81. The molecule has 2 aliphatic rings. The van der Waals surface area contributed by atoms with Crippen molar-refractivity contribution in [2.24, 2.45) is 0 Å². The maximum Gasteiger partial charge on any atom is 0.341 e. The number of carbonyl (C=O) groups excluding carboxylic acids is 1. The largest absolute Gasteiger partial charge is 0.462 e. The first kappa shape index (κ1) is 18.1. The van der Waals surface area contributed by atoms with Crippen LogP contribution in [-0.4, -0.2) is 73.3 Å². The number of nitrogens with zero attached hydrogens (tertiary/aromatic N) is 2. The molecule has 6 nitrogen and oxygen atoms in total. The highest BCUT2D eigenvalue weighted by Gasteiger charge is 2.25. The van der Waals surface area contributed by atoms with Crippen LogP contribution in [0.4, 0.5) is 0 Å². The zero-order valence-electron chi connectivity index (χ0n) is 15.9. The average molecular weight is 369 g/mol. The first-order valence-corrected chi connectivity index (χ1v) is 9.79. The molecule has 6 heteroatoms. The minimum atomic E-state index is -0.261. The molecule has 1 aromatic carbocycles. The Balaban J connectivity index is 1.60. The van der Waals surface area contributed by atoms with Gasteiger partial charge < -0.3 is 19.4 Å². The van der Waals surface area contributed by atoms with Gasteiger partial charge in [-0.1, -0.05) is 18.2 Å². The summed E-state index contributed by atoms with van der Waals surface area (Å²) in [4.78, 5) is 20.8. The Labute approximate surface area is 159 Å². The summed E-state index contributed by atoms with van der Waals surface area (Å²) in [5.74, 6) is -0.261. The van der Waals surface area contributed by atoms with Gasteiger partial charge in [0.15, 0.2) is 0 Å². The second kappa shape index (κ2) is 8.15. The first-order chi connectivity index (χ1) is 13.3. The molecule has 0 bridgehead atoms. The van der Waals surface area contributed by atoms with Gasteiger partial charge in [0.1, 0.15) is 0 Å². The number of para-hydroxylation sites is 1. The number of esters is 1. The standard InChI is InChI=1S/C21H27N3O3/c1-2-27-21(25)18-15-24(10-9-23-11-13-26-14-12-23)8-7-17-16-5-3-4-6-19(16)22-20(17)18/h3-6,15,22H,2,7-14H2,1H3. The van der Waals surface area contributed by atoms with Crippen LogP contribution in [-0.2, 0) is 20.7 Å². The summed E-state index contributed by atoms with van der Waals surface area (Å²) in [6.45, 7) is 8.55. The van der Waals surface area contributed by atoms with E-state index in [0.29, 0.717) is 12.2 Å². The van der Waals surface area contributed by atoms with E-state index in [1.807, 2.05) is 25.3 Å². The number of benzene rings is 1. The van der Waals surface area contributed by atoms with Crippen molar-refractivity contribution in [1.29, 1.82) is 0 Å². The van der Waals surface area contributed by atoms with Gasteiger partial charge in [-0.2, -0.15) is 0 Å². The molecule has 1 saturated heterocycles. The molecule has 1 fully saturated rings. The van der Waals surface area contributed by atoms with E-state index in [4.69, 9.17) is 9.47 Å². The van der Waals surface area contributed by atoms with Crippen LogP contribution in [0.5, 0.6) is 0 Å². The lowest BCUT2D eigenvalue weighted by molar-refractivity contribution is -0.136. The predicted octanol–water partition coefficient (Wildman–Crippen LogP) is 2.26. The number of rotatable bonds is 5. The zero-order chi connectivity index (χ0) is 18.6. The lowest BCUT2D eigenvalue weighted by Crippen LogP contribution is -2.40. The van der Waals surface area contributed by atoms with Gasteiger partial charge in [0.05, 0.1) is 31.1 Å². The van der Waals surface area contributed by atoms with Crippen molar-refractivity contribution in [3.8, 4) is 0 Å². The third-order valence-corrected chi connectivity index (χ3v) is 5.35. The van der Waals surface area contributed by atoms with Crippen LogP contribution < -0.4 is 0 Å². The summed E-state index contributed by atoms with van der Waals surface area (Å²) >= 11 is 0. The second-order valence-electron chi connectivity index (χ2n) is 7.03. The van der Waals surface area contributed by atoms with Gasteiger partial charge in [-0.25, -0.2) is 4.79 Å². The number of nitrogens with one attached hydrogen (secondary N) is 1. The van der Waals surface area contributed by atoms with Crippen molar-refractivity contribution < 1.29 is 14.3 Å². The molecule has 1 N–H and O–H groups in total. The highest BCUT2D eigenvalue weighted by Crippen LogP contribution is 2.31. The second-order valence-corrected chi connectivity index (χ2v) is 7.03. The molecule has 2 aromatic rings. The van der Waals surface area contributed by atoms with Gasteiger partial charge in [0.2, 0.25) is 0 Å². The van der Waals surface area contributed by atoms with Crippen molar-refractivity contribution in [2.45, 2.75) is 13.3 Å². The molecule has 0 spiro atoms. The molecule has 0 unspecified atom stereocenters. The Morgan fingerprint density at radius 2 is 2.00 bits per heavy atom. The number of H-pyrrole nitrogens is 1. The smallest absolute Gasteiger partial charge is 0.341 e. The van der Waals surface area contributed by atoms with Gasteiger partial charge >= 0.3 is 5.97 Å². The van der Waals surface area contributed by atoms with Crippen LogP contribution in [0.3, 0.4) is 0 Å². The lowest BCUT2D eigenvalue weighted by Gasteiger charge is -2.29. The van der Waals surface area contributed by atoms with Crippen LogP contribution in [0.1, 0.15) is 18.2 Å². The minimum absolute atomic E-state index is 0.261. The molecule has 0 amide bonds. The van der Waals surface area contributed by atoms with Crippen molar-refractivity contribution in [1.82, 2.24) is 14.8 Å². The highest BCUT2D eigenvalue weighted by molar-refractivity contribution is 6.17. The molecular weight excluding hydrogens is 342 g/mol. The fourth-order valence-corrected chi connectivity index (χ4v) is 3.89. The predicted molar refractivity (Wildman–Crippen MR) is 105 cm³/mol. The average Bonchev–Trinajstić information content (AvgIpc) is 2.96. The summed E-state index contributed by atoms with van der Waals surface area (Å²) in [6, 6.07) is 8.24. The van der Waals surface area contributed by atoms with Crippen molar-refractivity contribution >= 4 is 22.4 Å². The summed E-state index contributed by atoms with van der Waals surface area (Å²) in [5, 5.41) is 1.19. The van der Waals surface area contributed by atoms with E-state index in [-0.39, 0.29) is 5.97 Å². The van der Waals surface area contributed by atoms with Crippen LogP contribution in [0.15, 0.2) is 30.5 Å². The first-order valence-electron chi connectivity index (χ1n) is 9.79. The molecule has 27 heavy (non-hydrogen) atoms. The molecule has 0 atom stereocenters. The highest BCUT2D eigenvalue weighted by atomic mass is 16.5. The third-order valence-electron chi connectivity index (χ3n) is 5.35. The zero-order valence-corrected chi connectivity index (χ0v) is 15.9. The normalized spacial score (nSPS) is 18.1. The van der Waals surface area contributed by atoms with Crippen molar-refractivity contribution in [3.63, 3.8) is 0 Å². The molecule has 144 valence electrons. The van der Waals surface area contributed by atoms with Crippen molar-refractivity contribution in [2.75, 3.05) is 52.5 Å². The quantitative estimate of drug-likeness (QED) is 0.820. The number of aromatic amines is 1. The Morgan fingerprint density at radius 1 is 1.19 bits per heavy atom. The molecular formula is C21H27N3O3. The minimum Gasteiger partial charge on any atom is -0.462 e. The maximum atomic E-state index is 12.7. The number of morpholine rings is 1. The van der Waals surface area contributed by atoms with Crippen LogP contribution in [0.25, 0.3) is 16.5 Å². The van der Waals surface area contributed by atoms with Crippen molar-refractivity contribution in [3.05, 3.63) is 41.7 Å². The van der Waals surface area contributed by atoms with E-state index in [1.54, 1.807) is 0 Å². The van der Waals surface area contributed by atoms with Gasteiger partial charge in [0, 0.05) is 49.8 Å². The fourth-order valence-electron chi connectivity index (χ4n) is 3.89. The lowest BCUT2D eigenvalue weighted by atomic mass is 10.0. The van der Waals surface area contributed by atoms with E-state index in [1.165, 1.54) is 10.9 Å². The third kappa shape index (κ3) is 3.87. The number of fused-ring (bicyclic) bond motifs is 3. The summed E-state index contributed by atoms with van der Waals surface area (Å²) in [7, 11) is 0. The van der Waals surface area contributed by atoms with Crippen LogP contribution >= 0.6 is 0 Å². The van der Waals surface area contributed by atoms with E-state index in [9.17, 15) is 4.79 Å². The Kier molecular flexibility index (Phi) is 5.45. The van der Waals surface area contributed by atoms with E-state index < -0.39 is 0 Å². The number of hydrogen-bond donors (Lipinski definition) is 1. The topological polar surface area (TPSA) is 57.8 Å². The number of aromatic nitrogens is 1. The van der Waals surface area contributed by atoms with Gasteiger partial charge in [0.25, 0.3) is 0 Å². The molecule has 0 radical (unpaired) electrons. The molecule has 3 heterocycles. The van der Waals surface area contributed by atoms with Gasteiger partial charge in [-0.05, 0) is 25.0 Å². The Hall–Kier alpha value is -2.31. The van der Waals surface area contributed by atoms with E-state index in [0.717, 1.165) is 63.6 Å². The summed E-state index contributed by atoms with van der Waals surface area (Å²) < 4.78 is 10.8. The number of carbonyl (C=O) groups is 1. The molecule has 1 aromatic heterocycles. The fraction of sp³-hybridized carbons (Fsp3) is 0.476. The number of hydrogen-bond acceptors (Lipinski definition) is 5. The Morgan fingerprint density at radius 3 is 2.81 bits per heavy atom. The molecule has 2 aliphatic heterocycles. The number of ether oxygens (including phenoxy) is 2. The molecule has 4 rings (SSSR count). The monoisotopic (exact) mass is 369 g/mol. The van der Waals surface area contributed by atoms with E-state index in [2.05, 4.69) is 26.9 Å². The van der Waals surface area contributed by atoms with Gasteiger partial charge in [-0.15, -0.1) is 0 Å². The molecule has 0 aliphatic carbocycles. The SMILES string of the molecule is CCOC(=O)C1=CN(CCN2CCOCC2)CCc2c1[nH]c1ccccc21. The van der Waals surface area contributed by atoms with Gasteiger partial charge in [-0.3, -0.25) is 4.90 Å². The maximum absolute atomic E-state index is 12.7.